The van der Waals surface area contributed by atoms with Crippen molar-refractivity contribution in [2.75, 3.05) is 51.5 Å². The molecule has 0 bridgehead atoms. The highest BCUT2D eigenvalue weighted by Crippen LogP contribution is 2.34. The van der Waals surface area contributed by atoms with Gasteiger partial charge >= 0.3 is 0 Å². The number of benzene rings is 1. The molecule has 50 heavy (non-hydrogen) atoms. The minimum atomic E-state index is 0.243. The summed E-state index contributed by atoms with van der Waals surface area (Å²) in [4.78, 5) is 7.27. The molecule has 0 N–H and O–H groups in total. The number of unbranched alkanes of at least 4 members (excludes halogenated alkanes) is 1. The van der Waals surface area contributed by atoms with E-state index in [1.165, 1.54) is 22.4 Å². The Kier molecular flexibility index (Phi) is 17.8. The third kappa shape index (κ3) is 14.8. The lowest BCUT2D eigenvalue weighted by molar-refractivity contribution is -0.119. The van der Waals surface area contributed by atoms with Crippen LogP contribution in [0.5, 0.6) is 5.88 Å². The van der Waals surface area contributed by atoms with Gasteiger partial charge in [-0.15, -0.1) is 0 Å². The van der Waals surface area contributed by atoms with Gasteiger partial charge in [0.1, 0.15) is 0 Å². The molecular formula is C42H68N2O6. The second-order valence-corrected chi connectivity index (χ2v) is 15.2. The van der Waals surface area contributed by atoms with Gasteiger partial charge in [0.05, 0.1) is 49.8 Å². The molecule has 282 valence electrons. The summed E-state index contributed by atoms with van der Waals surface area (Å²) >= 11 is 0. The summed E-state index contributed by atoms with van der Waals surface area (Å²) < 4.78 is 35.3. The Morgan fingerprint density at radius 1 is 0.720 bits per heavy atom. The molecule has 2 aromatic rings. The number of rotatable bonds is 24. The van der Waals surface area contributed by atoms with Crippen LogP contribution in [0.25, 0.3) is 0 Å². The number of aromatic nitrogens is 1. The van der Waals surface area contributed by atoms with Gasteiger partial charge in [-0.1, -0.05) is 18.6 Å². The van der Waals surface area contributed by atoms with Gasteiger partial charge in [0.15, 0.2) is 0 Å². The largest absolute Gasteiger partial charge is 0.478 e. The number of pyridine rings is 1. The molecule has 1 aliphatic heterocycles. The Morgan fingerprint density at radius 3 is 2.04 bits per heavy atom. The molecule has 0 spiro atoms. The van der Waals surface area contributed by atoms with E-state index in [0.717, 1.165) is 96.9 Å². The van der Waals surface area contributed by atoms with E-state index in [0.29, 0.717) is 43.3 Å². The second kappa shape index (κ2) is 22.0. The van der Waals surface area contributed by atoms with Crippen molar-refractivity contribution in [1.82, 2.24) is 4.98 Å². The second-order valence-electron chi connectivity index (χ2n) is 15.2. The first-order chi connectivity index (χ1) is 24.2. The van der Waals surface area contributed by atoms with Crippen molar-refractivity contribution in [1.29, 1.82) is 0 Å². The molecule has 4 rings (SSSR count). The SMILES string of the molecule is COC1CC(OC2CCN(c3cc(CCCOC(C)C)cc(C(CCCCOC(C)C)Cc4ccc(OCCCOC(C)C)nc4)c3)CC2)C1. The number of methoxy groups -OCH3 is 1. The highest BCUT2D eigenvalue weighted by molar-refractivity contribution is 5.53. The molecule has 8 nitrogen and oxygen atoms in total. The van der Waals surface area contributed by atoms with Crippen LogP contribution in [0, 0.1) is 0 Å². The highest BCUT2D eigenvalue weighted by atomic mass is 16.5. The van der Waals surface area contributed by atoms with Crippen LogP contribution in [0.3, 0.4) is 0 Å². The standard InChI is InChI=1S/C42H68N2O6/c1-31(2)46-20-9-8-13-36(25-35-14-15-42(43-30-35)49-23-11-22-48-33(5)6)37-24-34(12-10-21-47-32(3)4)26-38(27-37)44-18-16-39(17-19-44)50-41-28-40(29-41)45-7/h14-15,24,26-27,30-33,36,39-41H,8-13,16-23,25,28-29H2,1-7H3. The smallest absolute Gasteiger partial charge is 0.213 e. The first kappa shape index (κ1) is 40.5. The number of anilines is 1. The number of hydrogen-bond acceptors (Lipinski definition) is 8. The van der Waals surface area contributed by atoms with E-state index in [1.54, 1.807) is 7.11 Å². The number of nitrogens with zero attached hydrogens (tertiary/aromatic N) is 2. The van der Waals surface area contributed by atoms with Crippen LogP contribution in [0.2, 0.25) is 0 Å². The van der Waals surface area contributed by atoms with Crippen LogP contribution in [0.15, 0.2) is 36.5 Å². The van der Waals surface area contributed by atoms with Crippen LogP contribution in [0.4, 0.5) is 5.69 Å². The van der Waals surface area contributed by atoms with Gasteiger partial charge in [0, 0.05) is 57.8 Å². The topological polar surface area (TPSA) is 71.5 Å². The van der Waals surface area contributed by atoms with E-state index < -0.39 is 0 Å². The lowest BCUT2D eigenvalue weighted by Gasteiger charge is -2.40. The predicted molar refractivity (Wildman–Crippen MR) is 203 cm³/mol. The van der Waals surface area contributed by atoms with Crippen molar-refractivity contribution in [2.45, 2.75) is 155 Å². The highest BCUT2D eigenvalue weighted by Gasteiger charge is 2.33. The molecule has 1 saturated heterocycles. The fourth-order valence-corrected chi connectivity index (χ4v) is 6.86. The molecule has 0 radical (unpaired) electrons. The van der Waals surface area contributed by atoms with Crippen LogP contribution in [0.1, 0.15) is 122 Å². The monoisotopic (exact) mass is 697 g/mol. The summed E-state index contributed by atoms with van der Waals surface area (Å²) in [6.07, 6.45) is 15.2. The predicted octanol–water partition coefficient (Wildman–Crippen LogP) is 8.72. The maximum absolute atomic E-state index is 6.46. The molecule has 2 aliphatic rings. The van der Waals surface area contributed by atoms with Crippen molar-refractivity contribution in [2.24, 2.45) is 0 Å². The fourth-order valence-electron chi connectivity index (χ4n) is 6.86. The van der Waals surface area contributed by atoms with E-state index in [1.807, 2.05) is 12.3 Å². The zero-order valence-corrected chi connectivity index (χ0v) is 32.4. The van der Waals surface area contributed by atoms with Crippen LogP contribution in [-0.2, 0) is 36.5 Å². The zero-order valence-electron chi connectivity index (χ0n) is 32.4. The fraction of sp³-hybridized carbons (Fsp3) is 0.738. The minimum Gasteiger partial charge on any atom is -0.478 e. The van der Waals surface area contributed by atoms with Crippen molar-refractivity contribution >= 4 is 5.69 Å². The van der Waals surface area contributed by atoms with Gasteiger partial charge < -0.3 is 33.3 Å². The lowest BCUT2D eigenvalue weighted by Crippen LogP contribution is -2.43. The molecule has 8 heteroatoms. The number of aryl methyl sites for hydroxylation is 1. The van der Waals surface area contributed by atoms with E-state index >= 15 is 0 Å². The average Bonchev–Trinajstić information content (AvgIpc) is 3.07. The van der Waals surface area contributed by atoms with Crippen LogP contribution >= 0.6 is 0 Å². The number of hydrogen-bond donors (Lipinski definition) is 0. The number of piperidine rings is 1. The van der Waals surface area contributed by atoms with Crippen molar-refractivity contribution in [3.63, 3.8) is 0 Å². The summed E-state index contributed by atoms with van der Waals surface area (Å²) in [6, 6.07) is 11.6. The Labute approximate surface area is 303 Å². The summed E-state index contributed by atoms with van der Waals surface area (Å²) in [7, 11) is 1.81. The molecule has 0 amide bonds. The van der Waals surface area contributed by atoms with Gasteiger partial charge in [-0.05, 0) is 134 Å². The Balaban J connectivity index is 1.46. The normalized spacial score (nSPS) is 19.0. The first-order valence-electron chi connectivity index (χ1n) is 19.7. The van der Waals surface area contributed by atoms with E-state index in [2.05, 4.69) is 75.7 Å². The molecule has 1 aromatic carbocycles. The summed E-state index contributed by atoms with van der Waals surface area (Å²) in [5, 5.41) is 0. The zero-order chi connectivity index (χ0) is 35.7. The van der Waals surface area contributed by atoms with Crippen LogP contribution < -0.4 is 9.64 Å². The van der Waals surface area contributed by atoms with Gasteiger partial charge in [0.2, 0.25) is 5.88 Å². The van der Waals surface area contributed by atoms with Crippen molar-refractivity contribution in [3.05, 3.63) is 53.2 Å². The summed E-state index contributed by atoms with van der Waals surface area (Å²) in [5.41, 5.74) is 5.42. The molecule has 1 unspecified atom stereocenters. The molecule has 1 saturated carbocycles. The van der Waals surface area contributed by atoms with E-state index in [-0.39, 0.29) is 18.3 Å². The van der Waals surface area contributed by atoms with Gasteiger partial charge in [-0.2, -0.15) is 0 Å². The van der Waals surface area contributed by atoms with Gasteiger partial charge in [-0.3, -0.25) is 0 Å². The van der Waals surface area contributed by atoms with Gasteiger partial charge in [0.25, 0.3) is 0 Å². The molecule has 2 heterocycles. The Morgan fingerprint density at radius 2 is 1.40 bits per heavy atom. The third-order valence-electron chi connectivity index (χ3n) is 9.78. The minimum absolute atomic E-state index is 0.243. The average molecular weight is 697 g/mol. The molecule has 1 aliphatic carbocycles. The number of ether oxygens (including phenoxy) is 6. The van der Waals surface area contributed by atoms with Crippen LogP contribution in [-0.4, -0.2) is 88.2 Å². The maximum atomic E-state index is 6.46. The molecule has 1 aromatic heterocycles. The van der Waals surface area contributed by atoms with Crippen molar-refractivity contribution < 1.29 is 28.4 Å². The maximum Gasteiger partial charge on any atom is 0.213 e. The van der Waals surface area contributed by atoms with E-state index in [4.69, 9.17) is 28.4 Å². The summed E-state index contributed by atoms with van der Waals surface area (Å²) in [5.74, 6) is 1.06. The summed E-state index contributed by atoms with van der Waals surface area (Å²) in [6.45, 7) is 17.5. The first-order valence-corrected chi connectivity index (χ1v) is 19.7. The Bertz CT molecular complexity index is 1190. The third-order valence-corrected chi connectivity index (χ3v) is 9.78. The molecule has 1 atom stereocenters. The lowest BCUT2D eigenvalue weighted by atomic mass is 9.86. The Hall–Kier alpha value is -2.23. The molecular weight excluding hydrogens is 628 g/mol. The van der Waals surface area contributed by atoms with E-state index in [9.17, 15) is 0 Å². The quantitative estimate of drug-likeness (QED) is 0.101. The van der Waals surface area contributed by atoms with Crippen molar-refractivity contribution in [3.8, 4) is 5.88 Å². The molecule has 2 fully saturated rings. The van der Waals surface area contributed by atoms with Gasteiger partial charge in [-0.25, -0.2) is 4.98 Å².